The van der Waals surface area contributed by atoms with E-state index in [1.165, 1.54) is 18.6 Å². The molecule has 0 saturated heterocycles. The van der Waals surface area contributed by atoms with Crippen LogP contribution in [0.4, 0.5) is 11.5 Å². The first kappa shape index (κ1) is 16.2. The first-order valence-corrected chi connectivity index (χ1v) is 7.43. The lowest BCUT2D eigenvalue weighted by atomic mass is 10.2. The zero-order chi connectivity index (χ0) is 17.8. The highest BCUT2D eigenvalue weighted by Crippen LogP contribution is 2.16. The Morgan fingerprint density at radius 2 is 2.04 bits per heavy atom. The van der Waals surface area contributed by atoms with Crippen molar-refractivity contribution in [3.05, 3.63) is 69.8 Å². The molecule has 0 spiro atoms. The standard InChI is InChI=1S/C16H15N7O2/c1-11-7-12(2)22(21-11)16-8-15(17-10-18-16)20-19-9-13-5-3-4-6-14(13)23(24)25/h3-10H,1-2H3,(H,17,18,20)/b19-9-. The first-order valence-electron chi connectivity index (χ1n) is 7.43. The van der Waals surface area contributed by atoms with Gasteiger partial charge >= 0.3 is 0 Å². The van der Waals surface area contributed by atoms with Crippen LogP contribution < -0.4 is 5.43 Å². The molecule has 0 amide bonds. The summed E-state index contributed by atoms with van der Waals surface area (Å²) in [6.07, 6.45) is 2.78. The molecule has 0 aliphatic heterocycles. The second-order valence-electron chi connectivity index (χ2n) is 5.29. The summed E-state index contributed by atoms with van der Waals surface area (Å²) in [4.78, 5) is 18.8. The molecule has 9 heteroatoms. The Labute approximate surface area is 143 Å². The van der Waals surface area contributed by atoms with E-state index in [0.717, 1.165) is 11.4 Å². The molecule has 0 aliphatic rings. The number of nitrogens with zero attached hydrogens (tertiary/aromatic N) is 6. The topological polar surface area (TPSA) is 111 Å². The quantitative estimate of drug-likeness (QED) is 0.435. The number of hydrogen-bond donors (Lipinski definition) is 1. The van der Waals surface area contributed by atoms with Crippen molar-refractivity contribution in [3.8, 4) is 5.82 Å². The number of aryl methyl sites for hydroxylation is 2. The van der Waals surface area contributed by atoms with Gasteiger partial charge in [0.05, 0.1) is 22.4 Å². The average Bonchev–Trinajstić information content (AvgIpc) is 2.94. The van der Waals surface area contributed by atoms with Crippen LogP contribution in [0.5, 0.6) is 0 Å². The first-order chi connectivity index (χ1) is 12.0. The SMILES string of the molecule is Cc1cc(C)n(-c2cc(N/N=C\c3ccccc3[N+](=O)[O-])ncn2)n1. The number of hydrazone groups is 1. The summed E-state index contributed by atoms with van der Waals surface area (Å²) in [6, 6.07) is 9.99. The van der Waals surface area contributed by atoms with E-state index >= 15 is 0 Å². The molecule has 2 aromatic heterocycles. The second kappa shape index (κ2) is 6.87. The molecular weight excluding hydrogens is 322 g/mol. The van der Waals surface area contributed by atoms with E-state index in [0.29, 0.717) is 17.2 Å². The normalized spacial score (nSPS) is 11.0. The molecule has 1 N–H and O–H groups in total. The van der Waals surface area contributed by atoms with Crippen LogP contribution in [0, 0.1) is 24.0 Å². The lowest BCUT2D eigenvalue weighted by Gasteiger charge is -2.05. The van der Waals surface area contributed by atoms with E-state index in [4.69, 9.17) is 0 Å². The third-order valence-corrected chi connectivity index (χ3v) is 3.40. The van der Waals surface area contributed by atoms with Crippen LogP contribution in [0.3, 0.4) is 0 Å². The number of benzene rings is 1. The maximum Gasteiger partial charge on any atom is 0.278 e. The van der Waals surface area contributed by atoms with E-state index in [1.54, 1.807) is 28.9 Å². The zero-order valence-electron chi connectivity index (χ0n) is 13.6. The van der Waals surface area contributed by atoms with Gasteiger partial charge in [0.1, 0.15) is 6.33 Å². The van der Waals surface area contributed by atoms with Crippen molar-refractivity contribution in [1.82, 2.24) is 19.7 Å². The number of nitro benzene ring substituents is 1. The van der Waals surface area contributed by atoms with E-state index < -0.39 is 4.92 Å². The number of nitrogens with one attached hydrogen (secondary N) is 1. The van der Waals surface area contributed by atoms with Gasteiger partial charge in [0.2, 0.25) is 0 Å². The molecule has 1 aromatic carbocycles. The minimum absolute atomic E-state index is 0.0148. The summed E-state index contributed by atoms with van der Waals surface area (Å²) in [5, 5.41) is 19.4. The fourth-order valence-corrected chi connectivity index (χ4v) is 2.32. The maximum absolute atomic E-state index is 11.0. The minimum atomic E-state index is -0.451. The van der Waals surface area contributed by atoms with Crippen LogP contribution in [0.15, 0.2) is 47.8 Å². The molecule has 25 heavy (non-hydrogen) atoms. The Kier molecular flexibility index (Phi) is 4.46. The van der Waals surface area contributed by atoms with Crippen LogP contribution in [0.25, 0.3) is 5.82 Å². The fraction of sp³-hybridized carbons (Fsp3) is 0.125. The summed E-state index contributed by atoms with van der Waals surface area (Å²) < 4.78 is 1.70. The highest BCUT2D eigenvalue weighted by molar-refractivity contribution is 5.85. The lowest BCUT2D eigenvalue weighted by molar-refractivity contribution is -0.385. The minimum Gasteiger partial charge on any atom is -0.261 e. The monoisotopic (exact) mass is 337 g/mol. The largest absolute Gasteiger partial charge is 0.278 e. The predicted octanol–water partition coefficient (Wildman–Crippen LogP) is 2.63. The fourth-order valence-electron chi connectivity index (χ4n) is 2.32. The third kappa shape index (κ3) is 3.66. The van der Waals surface area contributed by atoms with Gasteiger partial charge in [-0.25, -0.2) is 14.6 Å². The Hall–Kier alpha value is -3.62. The summed E-state index contributed by atoms with van der Waals surface area (Å²) >= 11 is 0. The molecule has 0 fully saturated rings. The molecule has 0 bridgehead atoms. The number of hydrogen-bond acceptors (Lipinski definition) is 7. The van der Waals surface area contributed by atoms with Crippen molar-refractivity contribution in [2.45, 2.75) is 13.8 Å². The predicted molar refractivity (Wildman–Crippen MR) is 92.9 cm³/mol. The second-order valence-corrected chi connectivity index (χ2v) is 5.29. The smallest absolute Gasteiger partial charge is 0.261 e. The van der Waals surface area contributed by atoms with Gasteiger partial charge in [-0.2, -0.15) is 10.2 Å². The number of para-hydroxylation sites is 1. The number of rotatable bonds is 5. The van der Waals surface area contributed by atoms with Crippen molar-refractivity contribution in [2.24, 2.45) is 5.10 Å². The maximum atomic E-state index is 11.0. The van der Waals surface area contributed by atoms with Crippen LogP contribution in [0.2, 0.25) is 0 Å². The van der Waals surface area contributed by atoms with Crippen LogP contribution in [-0.4, -0.2) is 30.9 Å². The summed E-state index contributed by atoms with van der Waals surface area (Å²) in [6.45, 7) is 3.84. The van der Waals surface area contributed by atoms with Gasteiger partial charge in [-0.1, -0.05) is 12.1 Å². The van der Waals surface area contributed by atoms with Crippen molar-refractivity contribution < 1.29 is 4.92 Å². The number of nitro groups is 1. The summed E-state index contributed by atoms with van der Waals surface area (Å²) in [5.74, 6) is 1.05. The number of aromatic nitrogens is 4. The van der Waals surface area contributed by atoms with Crippen molar-refractivity contribution in [1.29, 1.82) is 0 Å². The molecule has 0 atom stereocenters. The third-order valence-electron chi connectivity index (χ3n) is 3.40. The van der Waals surface area contributed by atoms with Crippen LogP contribution in [0.1, 0.15) is 17.0 Å². The van der Waals surface area contributed by atoms with Gasteiger partial charge in [-0.15, -0.1) is 0 Å². The molecule has 0 unspecified atom stereocenters. The Morgan fingerprint density at radius 3 is 2.76 bits per heavy atom. The van der Waals surface area contributed by atoms with E-state index in [1.807, 2.05) is 19.9 Å². The Bertz CT molecular complexity index is 949. The molecule has 126 valence electrons. The van der Waals surface area contributed by atoms with Gasteiger partial charge in [0.15, 0.2) is 11.6 Å². The molecule has 3 rings (SSSR count). The molecule has 9 nitrogen and oxygen atoms in total. The van der Waals surface area contributed by atoms with E-state index in [-0.39, 0.29) is 5.69 Å². The number of anilines is 1. The summed E-state index contributed by atoms with van der Waals surface area (Å²) in [5.41, 5.74) is 4.97. The average molecular weight is 337 g/mol. The highest BCUT2D eigenvalue weighted by Gasteiger charge is 2.10. The molecular formula is C16H15N7O2. The zero-order valence-corrected chi connectivity index (χ0v) is 13.6. The van der Waals surface area contributed by atoms with Gasteiger partial charge in [-0.3, -0.25) is 15.5 Å². The van der Waals surface area contributed by atoms with Crippen molar-refractivity contribution >= 4 is 17.7 Å². The van der Waals surface area contributed by atoms with Gasteiger partial charge in [-0.05, 0) is 26.0 Å². The van der Waals surface area contributed by atoms with Crippen LogP contribution in [-0.2, 0) is 0 Å². The van der Waals surface area contributed by atoms with Gasteiger partial charge < -0.3 is 0 Å². The molecule has 2 heterocycles. The van der Waals surface area contributed by atoms with E-state index in [9.17, 15) is 10.1 Å². The van der Waals surface area contributed by atoms with Crippen molar-refractivity contribution in [3.63, 3.8) is 0 Å². The molecule has 0 radical (unpaired) electrons. The lowest BCUT2D eigenvalue weighted by Crippen LogP contribution is -2.04. The van der Waals surface area contributed by atoms with Gasteiger partial charge in [0, 0.05) is 17.8 Å². The molecule has 0 saturated carbocycles. The van der Waals surface area contributed by atoms with E-state index in [2.05, 4.69) is 25.6 Å². The van der Waals surface area contributed by atoms with Crippen molar-refractivity contribution in [2.75, 3.05) is 5.43 Å². The molecule has 0 aliphatic carbocycles. The van der Waals surface area contributed by atoms with Gasteiger partial charge in [0.25, 0.3) is 5.69 Å². The summed E-state index contributed by atoms with van der Waals surface area (Å²) in [7, 11) is 0. The Balaban J connectivity index is 1.80. The highest BCUT2D eigenvalue weighted by atomic mass is 16.6. The van der Waals surface area contributed by atoms with Crippen LogP contribution >= 0.6 is 0 Å². The molecule has 3 aromatic rings. The Morgan fingerprint density at radius 1 is 1.24 bits per heavy atom.